The number of benzene rings is 2. The van der Waals surface area contributed by atoms with Gasteiger partial charge < -0.3 is 9.94 Å². The topological polar surface area (TPSA) is 35.3 Å². The molecule has 0 saturated heterocycles. The first kappa shape index (κ1) is 15.5. The van der Waals surface area contributed by atoms with E-state index in [4.69, 9.17) is 4.74 Å². The minimum absolute atomic E-state index is 0.129. The van der Waals surface area contributed by atoms with Gasteiger partial charge in [-0.3, -0.25) is 0 Å². The third-order valence-electron chi connectivity index (χ3n) is 4.16. The molecule has 0 atom stereocenters. The van der Waals surface area contributed by atoms with E-state index in [9.17, 15) is 9.60 Å². The van der Waals surface area contributed by atoms with Crippen LogP contribution in [0.4, 0.5) is 4.39 Å². The first-order valence-corrected chi connectivity index (χ1v) is 7.98. The molecule has 0 heterocycles. The molecule has 0 spiro atoms. The molecule has 3 nitrogen and oxygen atoms in total. The Balaban J connectivity index is 1.58. The highest BCUT2D eigenvalue weighted by molar-refractivity contribution is 5.75. The van der Waals surface area contributed by atoms with Crippen molar-refractivity contribution in [3.8, 4) is 5.75 Å². The molecule has 4 heteroatoms. The summed E-state index contributed by atoms with van der Waals surface area (Å²) in [6.45, 7) is 0.388. The van der Waals surface area contributed by atoms with Crippen molar-refractivity contribution < 1.29 is 13.9 Å². The van der Waals surface area contributed by atoms with Crippen LogP contribution in [-0.4, -0.2) is 17.0 Å². The van der Waals surface area contributed by atoms with E-state index in [-0.39, 0.29) is 11.9 Å². The summed E-state index contributed by atoms with van der Waals surface area (Å²) in [5, 5.41) is 12.0. The number of nitrogens with zero attached hydrogens (tertiary/aromatic N) is 1. The molecule has 3 rings (SSSR count). The SMILES string of the molecule is [O-][N+](=Cc1ccc(OCc2ccc(F)cc2)cc1)C1CCCC1. The molecule has 2 aromatic rings. The Kier molecular flexibility index (Phi) is 4.91. The van der Waals surface area contributed by atoms with Gasteiger partial charge in [-0.1, -0.05) is 12.1 Å². The van der Waals surface area contributed by atoms with E-state index in [1.54, 1.807) is 18.3 Å². The molecule has 1 aliphatic rings. The fourth-order valence-electron chi connectivity index (χ4n) is 2.81. The molecule has 0 aromatic heterocycles. The summed E-state index contributed by atoms with van der Waals surface area (Å²) >= 11 is 0. The zero-order chi connectivity index (χ0) is 16.1. The maximum atomic E-state index is 12.8. The quantitative estimate of drug-likeness (QED) is 0.357. The van der Waals surface area contributed by atoms with Crippen LogP contribution in [0.3, 0.4) is 0 Å². The maximum absolute atomic E-state index is 12.8. The van der Waals surface area contributed by atoms with Crippen LogP contribution in [0.15, 0.2) is 48.5 Å². The van der Waals surface area contributed by atoms with Gasteiger partial charge in [-0.05, 0) is 54.8 Å². The highest BCUT2D eigenvalue weighted by Gasteiger charge is 2.21. The van der Waals surface area contributed by atoms with Crippen molar-refractivity contribution >= 4 is 6.21 Å². The molecule has 1 saturated carbocycles. The van der Waals surface area contributed by atoms with E-state index >= 15 is 0 Å². The van der Waals surface area contributed by atoms with Gasteiger partial charge in [0.05, 0.1) is 0 Å². The predicted octanol–water partition coefficient (Wildman–Crippen LogP) is 4.28. The highest BCUT2D eigenvalue weighted by atomic mass is 19.1. The first-order chi connectivity index (χ1) is 11.2. The Bertz CT molecular complexity index is 659. The van der Waals surface area contributed by atoms with Crippen LogP contribution in [0.1, 0.15) is 36.8 Å². The molecule has 0 N–H and O–H groups in total. The number of hydrogen-bond acceptors (Lipinski definition) is 2. The number of hydrogen-bond donors (Lipinski definition) is 0. The molecule has 2 aromatic carbocycles. The van der Waals surface area contributed by atoms with Gasteiger partial charge in [-0.15, -0.1) is 0 Å². The van der Waals surface area contributed by atoms with Gasteiger partial charge in [0.2, 0.25) is 0 Å². The zero-order valence-electron chi connectivity index (χ0n) is 13.0. The fraction of sp³-hybridized carbons (Fsp3) is 0.316. The van der Waals surface area contributed by atoms with E-state index in [1.165, 1.54) is 12.1 Å². The van der Waals surface area contributed by atoms with Crippen molar-refractivity contribution in [1.82, 2.24) is 0 Å². The Morgan fingerprint density at radius 2 is 1.70 bits per heavy atom. The Hall–Kier alpha value is -2.36. The lowest BCUT2D eigenvalue weighted by molar-refractivity contribution is -0.494. The summed E-state index contributed by atoms with van der Waals surface area (Å²) in [5.74, 6) is 0.475. The molecule has 1 fully saturated rings. The minimum atomic E-state index is -0.252. The van der Waals surface area contributed by atoms with Gasteiger partial charge in [-0.25, -0.2) is 9.13 Å². The largest absolute Gasteiger partial charge is 0.624 e. The summed E-state index contributed by atoms with van der Waals surface area (Å²) < 4.78 is 19.6. The van der Waals surface area contributed by atoms with Crippen LogP contribution in [0.2, 0.25) is 0 Å². The summed E-state index contributed by atoms with van der Waals surface area (Å²) in [5.41, 5.74) is 1.79. The lowest BCUT2D eigenvalue weighted by Gasteiger charge is -2.11. The van der Waals surface area contributed by atoms with Gasteiger partial charge in [-0.2, -0.15) is 0 Å². The summed E-state index contributed by atoms with van der Waals surface area (Å²) in [6.07, 6.45) is 5.91. The second kappa shape index (κ2) is 7.27. The summed E-state index contributed by atoms with van der Waals surface area (Å²) in [6, 6.07) is 13.8. The van der Waals surface area contributed by atoms with Crippen molar-refractivity contribution in [3.63, 3.8) is 0 Å². The summed E-state index contributed by atoms with van der Waals surface area (Å²) in [4.78, 5) is 0. The van der Waals surface area contributed by atoms with E-state index in [1.807, 2.05) is 24.3 Å². The lowest BCUT2D eigenvalue weighted by atomic mass is 10.2. The van der Waals surface area contributed by atoms with Crippen LogP contribution >= 0.6 is 0 Å². The van der Waals surface area contributed by atoms with E-state index < -0.39 is 0 Å². The van der Waals surface area contributed by atoms with Gasteiger partial charge in [0.1, 0.15) is 18.2 Å². The molecule has 23 heavy (non-hydrogen) atoms. The fourth-order valence-corrected chi connectivity index (χ4v) is 2.81. The second-order valence-corrected chi connectivity index (χ2v) is 5.91. The third-order valence-corrected chi connectivity index (χ3v) is 4.16. The van der Waals surface area contributed by atoms with Crippen molar-refractivity contribution in [3.05, 3.63) is 70.7 Å². The third kappa shape index (κ3) is 4.31. The van der Waals surface area contributed by atoms with Gasteiger partial charge in [0.25, 0.3) is 0 Å². The number of rotatable bonds is 5. The van der Waals surface area contributed by atoms with E-state index in [0.717, 1.165) is 47.3 Å². The van der Waals surface area contributed by atoms with Crippen molar-refractivity contribution in [1.29, 1.82) is 0 Å². The molecule has 0 radical (unpaired) electrons. The number of halogens is 1. The monoisotopic (exact) mass is 313 g/mol. The molecule has 120 valence electrons. The Labute approximate surface area is 135 Å². The van der Waals surface area contributed by atoms with E-state index in [2.05, 4.69) is 0 Å². The molecule has 0 amide bonds. The average molecular weight is 313 g/mol. The maximum Gasteiger partial charge on any atom is 0.182 e. The van der Waals surface area contributed by atoms with Crippen molar-refractivity contribution in [2.24, 2.45) is 0 Å². The predicted molar refractivity (Wildman–Crippen MR) is 88.2 cm³/mol. The molecular weight excluding hydrogens is 293 g/mol. The molecule has 0 bridgehead atoms. The van der Waals surface area contributed by atoms with Crippen LogP contribution in [-0.2, 0) is 6.61 Å². The highest BCUT2D eigenvalue weighted by Crippen LogP contribution is 2.20. The van der Waals surface area contributed by atoms with Gasteiger partial charge in [0, 0.05) is 18.4 Å². The van der Waals surface area contributed by atoms with Gasteiger partial charge >= 0.3 is 0 Å². The average Bonchev–Trinajstić information content (AvgIpc) is 3.10. The number of ether oxygens (including phenoxy) is 1. The van der Waals surface area contributed by atoms with Crippen molar-refractivity contribution in [2.75, 3.05) is 0 Å². The first-order valence-electron chi connectivity index (χ1n) is 7.98. The molecule has 1 aliphatic carbocycles. The molecule has 0 aliphatic heterocycles. The second-order valence-electron chi connectivity index (χ2n) is 5.91. The van der Waals surface area contributed by atoms with Crippen LogP contribution in [0.25, 0.3) is 0 Å². The van der Waals surface area contributed by atoms with Crippen LogP contribution < -0.4 is 4.74 Å². The van der Waals surface area contributed by atoms with Crippen molar-refractivity contribution in [2.45, 2.75) is 38.3 Å². The van der Waals surface area contributed by atoms with E-state index in [0.29, 0.717) is 6.61 Å². The zero-order valence-corrected chi connectivity index (χ0v) is 13.0. The Morgan fingerprint density at radius 1 is 1.04 bits per heavy atom. The molecule has 0 unspecified atom stereocenters. The lowest BCUT2D eigenvalue weighted by Crippen LogP contribution is -2.18. The van der Waals surface area contributed by atoms with Crippen LogP contribution in [0.5, 0.6) is 5.75 Å². The summed E-state index contributed by atoms with van der Waals surface area (Å²) in [7, 11) is 0. The normalized spacial score (nSPS) is 15.8. The number of hydroxylamine groups is 1. The standard InChI is InChI=1S/C19H20FNO2/c20-17-9-5-16(6-10-17)14-23-19-11-7-15(8-12-19)13-21(22)18-3-1-2-4-18/h5-13,18H,1-4,14H2. The Morgan fingerprint density at radius 3 is 2.35 bits per heavy atom. The smallest absolute Gasteiger partial charge is 0.182 e. The minimum Gasteiger partial charge on any atom is -0.624 e. The van der Waals surface area contributed by atoms with Crippen LogP contribution in [0, 0.1) is 11.0 Å². The van der Waals surface area contributed by atoms with Gasteiger partial charge in [0.15, 0.2) is 12.3 Å². The molecular formula is C19H20FNO2.